The summed E-state index contributed by atoms with van der Waals surface area (Å²) in [5.41, 5.74) is 6.35. The molecular weight excluding hydrogens is 413 g/mol. The second kappa shape index (κ2) is 13.1. The first-order valence-electron chi connectivity index (χ1n) is 10.9. The van der Waals surface area contributed by atoms with Crippen molar-refractivity contribution < 1.29 is 28.5 Å². The van der Waals surface area contributed by atoms with Crippen LogP contribution in [0.1, 0.15) is 38.7 Å². The summed E-state index contributed by atoms with van der Waals surface area (Å²) in [6.45, 7) is 4.23. The number of ether oxygens (including phenoxy) is 2. The van der Waals surface area contributed by atoms with Gasteiger partial charge in [-0.15, -0.1) is 0 Å². The van der Waals surface area contributed by atoms with Crippen LogP contribution in [0.4, 0.5) is 0 Å². The smallest absolute Gasteiger partial charge is 0.328 e. The van der Waals surface area contributed by atoms with E-state index in [4.69, 9.17) is 19.9 Å². The second-order valence-electron chi connectivity index (χ2n) is 8.19. The fourth-order valence-corrected chi connectivity index (χ4v) is 3.47. The highest BCUT2D eigenvalue weighted by atomic mass is 16.5. The lowest BCUT2D eigenvalue weighted by atomic mass is 9.75. The van der Waals surface area contributed by atoms with Gasteiger partial charge in [0.25, 0.3) is 0 Å². The highest BCUT2D eigenvalue weighted by Crippen LogP contribution is 2.19. The highest BCUT2D eigenvalue weighted by molar-refractivity contribution is 6.37. The maximum absolute atomic E-state index is 13.1. The molecule has 0 unspecified atom stereocenters. The number of hydrogen-bond acceptors (Lipinski definition) is 7. The van der Waals surface area contributed by atoms with Gasteiger partial charge in [-0.25, -0.2) is 4.79 Å². The van der Waals surface area contributed by atoms with Crippen LogP contribution in [0.2, 0.25) is 5.82 Å². The zero-order valence-corrected chi connectivity index (χ0v) is 19.0. The Morgan fingerprint density at radius 1 is 1.22 bits per heavy atom. The lowest BCUT2D eigenvalue weighted by molar-refractivity contribution is -0.145. The average molecular weight is 446 g/mol. The third kappa shape index (κ3) is 8.16. The maximum atomic E-state index is 13.1. The van der Waals surface area contributed by atoms with Gasteiger partial charge in [-0.2, -0.15) is 0 Å². The summed E-state index contributed by atoms with van der Waals surface area (Å²) in [7, 11) is 2.67. The Morgan fingerprint density at radius 2 is 1.94 bits per heavy atom. The molecule has 0 aliphatic carbocycles. The van der Waals surface area contributed by atoms with Gasteiger partial charge in [0.15, 0.2) is 0 Å². The molecule has 0 saturated carbocycles. The van der Waals surface area contributed by atoms with E-state index >= 15 is 0 Å². The number of nitrogens with two attached hydrogens (primary N) is 1. The zero-order chi connectivity index (χ0) is 23.5. The topological polar surface area (TPSA) is 129 Å². The van der Waals surface area contributed by atoms with E-state index in [2.05, 4.69) is 10.6 Å². The Morgan fingerprint density at radius 3 is 2.56 bits per heavy atom. The lowest BCUT2D eigenvalue weighted by Gasteiger charge is -2.25. The Hall–Kier alpha value is -2.59. The first-order valence-corrected chi connectivity index (χ1v) is 10.9. The molecule has 2 aliphatic heterocycles. The number of nitrogens with one attached hydrogen (secondary N) is 2. The number of carbonyl (C=O) groups excluding carboxylic acids is 3. The molecule has 1 aromatic rings. The van der Waals surface area contributed by atoms with Crippen molar-refractivity contribution in [1.82, 2.24) is 10.6 Å². The van der Waals surface area contributed by atoms with Gasteiger partial charge in [0.1, 0.15) is 17.8 Å². The molecule has 0 fully saturated rings. The monoisotopic (exact) mass is 446 g/mol. The van der Waals surface area contributed by atoms with Crippen LogP contribution in [0.3, 0.4) is 0 Å². The molecule has 4 N–H and O–H groups in total. The minimum atomic E-state index is -0.833. The number of benzene rings is 1. The molecule has 1 aromatic carbocycles. The number of carbonyl (C=O) groups is 3. The maximum Gasteiger partial charge on any atom is 0.328 e. The first-order chi connectivity index (χ1) is 15.3. The number of methoxy groups -OCH3 is 1. The SMILES string of the molecule is COC(=O)[C@@H]1CCCOc2ccc(cc2)C[C@H]([B]OCN)C(=O)N[C@@H](CC(C)C)C(=O)N1. The quantitative estimate of drug-likeness (QED) is 0.337. The van der Waals surface area contributed by atoms with Gasteiger partial charge >= 0.3 is 13.5 Å². The predicted molar refractivity (Wildman–Crippen MR) is 120 cm³/mol. The fraction of sp³-hybridized carbons (Fsp3) is 0.591. The molecule has 0 spiro atoms. The van der Waals surface area contributed by atoms with E-state index in [9.17, 15) is 14.4 Å². The van der Waals surface area contributed by atoms with Crippen LogP contribution in [0.5, 0.6) is 5.75 Å². The minimum absolute atomic E-state index is 0.0622. The Balaban J connectivity index is 2.31. The summed E-state index contributed by atoms with van der Waals surface area (Å²) in [6.07, 6.45) is 1.66. The molecule has 1 radical (unpaired) electrons. The molecule has 2 aliphatic rings. The van der Waals surface area contributed by atoms with Crippen molar-refractivity contribution in [3.8, 4) is 5.75 Å². The van der Waals surface area contributed by atoms with Gasteiger partial charge in [-0.1, -0.05) is 26.0 Å². The highest BCUT2D eigenvalue weighted by Gasteiger charge is 2.30. The van der Waals surface area contributed by atoms with Gasteiger partial charge in [0.05, 0.1) is 20.4 Å². The number of hydrogen-bond donors (Lipinski definition) is 3. The van der Waals surface area contributed by atoms with E-state index in [0.29, 0.717) is 38.0 Å². The normalized spacial score (nSPS) is 22.6. The van der Waals surface area contributed by atoms with E-state index in [1.165, 1.54) is 14.6 Å². The molecule has 9 nitrogen and oxygen atoms in total. The van der Waals surface area contributed by atoms with E-state index < -0.39 is 29.8 Å². The van der Waals surface area contributed by atoms with Crippen LogP contribution >= 0.6 is 0 Å². The van der Waals surface area contributed by atoms with E-state index in [1.807, 2.05) is 38.1 Å². The van der Waals surface area contributed by atoms with Crippen LogP contribution in [0.15, 0.2) is 24.3 Å². The Bertz CT molecular complexity index is 759. The van der Waals surface area contributed by atoms with E-state index in [-0.39, 0.29) is 18.6 Å². The minimum Gasteiger partial charge on any atom is -0.494 e. The molecule has 2 amide bonds. The van der Waals surface area contributed by atoms with Crippen LogP contribution in [0, 0.1) is 5.92 Å². The molecule has 2 heterocycles. The van der Waals surface area contributed by atoms with Gasteiger partial charge < -0.3 is 30.5 Å². The zero-order valence-electron chi connectivity index (χ0n) is 19.0. The van der Waals surface area contributed by atoms with Gasteiger partial charge in [0, 0.05) is 5.82 Å². The third-order valence-electron chi connectivity index (χ3n) is 5.12. The largest absolute Gasteiger partial charge is 0.494 e. The molecule has 175 valence electrons. The van der Waals surface area contributed by atoms with Crippen LogP contribution < -0.4 is 21.1 Å². The molecule has 32 heavy (non-hydrogen) atoms. The molecule has 10 heteroatoms. The number of amides is 2. The molecule has 0 saturated heterocycles. The van der Waals surface area contributed by atoms with Crippen LogP contribution in [0.25, 0.3) is 0 Å². The summed E-state index contributed by atoms with van der Waals surface area (Å²) in [5.74, 6) is -1.17. The van der Waals surface area contributed by atoms with Crippen LogP contribution in [-0.4, -0.2) is 57.8 Å². The van der Waals surface area contributed by atoms with Crippen molar-refractivity contribution in [3.63, 3.8) is 0 Å². The van der Waals surface area contributed by atoms with Crippen molar-refractivity contribution in [1.29, 1.82) is 0 Å². The standard InChI is InChI=1S/C22H33BN3O6/c1-14(2)11-19-21(28)25-18(22(29)30-3)5-4-10-31-16-8-6-15(7-9-16)12-17(20(27)26-19)23-32-13-24/h6-9,14,17-19H,4-5,10-13,24H2,1-3H3,(H,25,28)(H,26,27)/t17-,18-,19-/m0/s1. The second-order valence-corrected chi connectivity index (χ2v) is 8.19. The number of fused-ring (bicyclic) bond motifs is 13. The van der Waals surface area contributed by atoms with Crippen molar-refractivity contribution >= 4 is 25.3 Å². The Kier molecular flexibility index (Phi) is 10.5. The van der Waals surface area contributed by atoms with Crippen molar-refractivity contribution in [2.24, 2.45) is 11.7 Å². The van der Waals surface area contributed by atoms with Crippen molar-refractivity contribution in [2.45, 2.75) is 57.4 Å². The summed E-state index contributed by atoms with van der Waals surface area (Å²) in [5, 5.41) is 5.56. The van der Waals surface area contributed by atoms with Crippen molar-refractivity contribution in [3.05, 3.63) is 29.8 Å². The van der Waals surface area contributed by atoms with Crippen molar-refractivity contribution in [2.75, 3.05) is 20.4 Å². The summed E-state index contributed by atoms with van der Waals surface area (Å²) in [4.78, 5) is 38.3. The van der Waals surface area contributed by atoms with E-state index in [1.54, 1.807) is 0 Å². The first kappa shape index (κ1) is 25.7. The summed E-state index contributed by atoms with van der Waals surface area (Å²) >= 11 is 0. The fourth-order valence-electron chi connectivity index (χ4n) is 3.47. The van der Waals surface area contributed by atoms with E-state index in [0.717, 1.165) is 5.56 Å². The predicted octanol–water partition coefficient (Wildman–Crippen LogP) is 0.931. The molecule has 3 atom stereocenters. The molecule has 2 bridgehead atoms. The van der Waals surface area contributed by atoms with Gasteiger partial charge in [-0.3, -0.25) is 9.59 Å². The summed E-state index contributed by atoms with van der Waals surface area (Å²) < 4.78 is 15.8. The Labute approximate surface area is 190 Å². The van der Waals surface area contributed by atoms with Gasteiger partial charge in [0.2, 0.25) is 11.8 Å². The van der Waals surface area contributed by atoms with Gasteiger partial charge in [-0.05, 0) is 49.3 Å². The molecular formula is C22H33BN3O6. The molecule has 3 rings (SSSR count). The number of rotatable bonds is 6. The summed E-state index contributed by atoms with van der Waals surface area (Å²) in [6, 6.07) is 5.79. The molecule has 0 aromatic heterocycles. The average Bonchev–Trinajstić information content (AvgIpc) is 2.77. The lowest BCUT2D eigenvalue weighted by Crippen LogP contribution is -2.53. The third-order valence-corrected chi connectivity index (χ3v) is 5.12. The number of esters is 1. The van der Waals surface area contributed by atoms with Crippen LogP contribution in [-0.2, 0) is 30.2 Å².